The normalized spacial score (nSPS) is 11.9. The third kappa shape index (κ3) is 4.22. The summed E-state index contributed by atoms with van der Waals surface area (Å²) in [6.45, 7) is 1.41. The van der Waals surface area contributed by atoms with Gasteiger partial charge in [-0.1, -0.05) is 12.0 Å². The maximum Gasteiger partial charge on any atom is 0.325 e. The molecule has 7 nitrogen and oxygen atoms in total. The van der Waals surface area contributed by atoms with Crippen LogP contribution in [0, 0.1) is 11.8 Å². The van der Waals surface area contributed by atoms with Gasteiger partial charge in [0.2, 0.25) is 10.0 Å². The molecule has 0 amide bonds. The smallest absolute Gasteiger partial charge is 0.325 e. The van der Waals surface area contributed by atoms with Gasteiger partial charge < -0.3 is 10.5 Å². The lowest BCUT2D eigenvalue weighted by Crippen LogP contribution is -2.33. The second kappa shape index (κ2) is 6.88. The zero-order valence-electron chi connectivity index (χ0n) is 11.1. The van der Waals surface area contributed by atoms with Crippen molar-refractivity contribution >= 4 is 21.8 Å². The molecule has 0 aromatic carbocycles. The third-order valence-corrected chi connectivity index (χ3v) is 3.93. The average Bonchev–Trinajstić information content (AvgIpc) is 2.43. The molecular weight excluding hydrogens is 282 g/mol. The fourth-order valence-corrected chi connectivity index (χ4v) is 2.16. The number of nitrogens with one attached hydrogen (secondary N) is 1. The molecule has 1 aromatic rings. The van der Waals surface area contributed by atoms with Crippen LogP contribution < -0.4 is 10.5 Å². The molecule has 0 radical (unpaired) electrons. The van der Waals surface area contributed by atoms with Gasteiger partial charge >= 0.3 is 5.97 Å². The van der Waals surface area contributed by atoms with Gasteiger partial charge in [-0.15, -0.1) is 0 Å². The first-order valence-corrected chi connectivity index (χ1v) is 7.21. The Labute approximate surface area is 117 Å². The fourth-order valence-electron chi connectivity index (χ4n) is 1.23. The van der Waals surface area contributed by atoms with Gasteiger partial charge in [-0.25, -0.2) is 13.4 Å². The number of hydrogen-bond donors (Lipinski definition) is 2. The maximum atomic E-state index is 11.9. The molecule has 0 aliphatic carbocycles. The highest BCUT2D eigenvalue weighted by Crippen LogP contribution is 2.10. The molecule has 0 saturated heterocycles. The number of ether oxygens (including phenoxy) is 1. The predicted molar refractivity (Wildman–Crippen MR) is 74.2 cm³/mol. The van der Waals surface area contributed by atoms with Gasteiger partial charge in [0.25, 0.3) is 0 Å². The molecule has 0 saturated carbocycles. The first-order chi connectivity index (χ1) is 9.40. The topological polar surface area (TPSA) is 111 Å². The number of anilines is 1. The molecule has 108 valence electrons. The molecular formula is C12H15N3O4S. The number of rotatable bonds is 4. The number of nitrogens with two attached hydrogens (primary N) is 1. The van der Waals surface area contributed by atoms with Gasteiger partial charge in [-0.05, 0) is 25.0 Å². The summed E-state index contributed by atoms with van der Waals surface area (Å²) in [5, 5.41) is -1.34. The molecule has 0 spiro atoms. The lowest BCUT2D eigenvalue weighted by molar-refractivity contribution is -0.139. The molecule has 20 heavy (non-hydrogen) atoms. The number of pyridine rings is 1. The number of aromatic nitrogens is 1. The van der Waals surface area contributed by atoms with Gasteiger partial charge in [-0.3, -0.25) is 9.52 Å². The lowest BCUT2D eigenvalue weighted by atomic mass is 10.3. The highest BCUT2D eigenvalue weighted by Gasteiger charge is 2.29. The summed E-state index contributed by atoms with van der Waals surface area (Å²) in [6.07, 6.45) is 0. The minimum absolute atomic E-state index is 0.0737. The van der Waals surface area contributed by atoms with Crippen LogP contribution in [0.15, 0.2) is 18.2 Å². The molecule has 0 fully saturated rings. The molecule has 1 aromatic heterocycles. The Morgan fingerprint density at radius 3 is 2.85 bits per heavy atom. The molecule has 1 unspecified atom stereocenters. The standard InChI is InChI=1S/C12H15N3O4S/c1-9(12(16)19-2)20(17,18)15-11-7-3-5-10(14-11)6-4-8-13/h3,5,7,9H,8,13H2,1-2H3,(H,14,15). The average molecular weight is 297 g/mol. The van der Waals surface area contributed by atoms with E-state index in [0.29, 0.717) is 5.69 Å². The van der Waals surface area contributed by atoms with E-state index in [-0.39, 0.29) is 12.4 Å². The SMILES string of the molecule is COC(=O)C(C)S(=O)(=O)Nc1cccc(C#CCN)n1. The molecule has 8 heteroatoms. The Bertz CT molecular complexity index is 646. The van der Waals surface area contributed by atoms with E-state index in [1.807, 2.05) is 0 Å². The van der Waals surface area contributed by atoms with E-state index in [0.717, 1.165) is 7.11 Å². The van der Waals surface area contributed by atoms with Gasteiger partial charge in [0.1, 0.15) is 11.5 Å². The summed E-state index contributed by atoms with van der Waals surface area (Å²) in [5.74, 6) is 4.51. The molecule has 1 heterocycles. The van der Waals surface area contributed by atoms with E-state index in [1.54, 1.807) is 12.1 Å². The highest BCUT2D eigenvalue weighted by molar-refractivity contribution is 7.94. The van der Waals surface area contributed by atoms with Crippen LogP contribution in [-0.2, 0) is 19.6 Å². The predicted octanol–water partition coefficient (Wildman–Crippen LogP) is -0.305. The monoisotopic (exact) mass is 297 g/mol. The van der Waals surface area contributed by atoms with Crippen LogP contribution in [0.3, 0.4) is 0 Å². The number of sulfonamides is 1. The number of carbonyl (C=O) groups excluding carboxylic acids is 1. The largest absolute Gasteiger partial charge is 0.468 e. The minimum Gasteiger partial charge on any atom is -0.468 e. The number of methoxy groups -OCH3 is 1. The van der Waals surface area contributed by atoms with E-state index in [2.05, 4.69) is 26.3 Å². The quantitative estimate of drug-likeness (QED) is 0.583. The molecule has 0 aliphatic rings. The van der Waals surface area contributed by atoms with Crippen LogP contribution in [0.5, 0.6) is 0 Å². The number of carbonyl (C=O) groups is 1. The van der Waals surface area contributed by atoms with E-state index >= 15 is 0 Å². The van der Waals surface area contributed by atoms with E-state index in [1.165, 1.54) is 13.0 Å². The fraction of sp³-hybridized carbons (Fsp3) is 0.333. The van der Waals surface area contributed by atoms with Crippen molar-refractivity contribution in [3.63, 3.8) is 0 Å². The molecule has 1 atom stereocenters. The Kier molecular flexibility index (Phi) is 5.49. The Balaban J connectivity index is 2.95. The number of hydrogen-bond acceptors (Lipinski definition) is 6. The molecule has 0 bridgehead atoms. The van der Waals surface area contributed by atoms with Crippen molar-refractivity contribution in [1.29, 1.82) is 0 Å². The number of esters is 1. The first-order valence-electron chi connectivity index (χ1n) is 5.66. The summed E-state index contributed by atoms with van der Waals surface area (Å²) >= 11 is 0. The zero-order valence-corrected chi connectivity index (χ0v) is 11.9. The summed E-state index contributed by atoms with van der Waals surface area (Å²) in [5.41, 5.74) is 5.62. The van der Waals surface area contributed by atoms with E-state index in [9.17, 15) is 13.2 Å². The number of nitrogens with zero attached hydrogens (tertiary/aromatic N) is 1. The van der Waals surface area contributed by atoms with Crippen molar-refractivity contribution in [3.8, 4) is 11.8 Å². The van der Waals surface area contributed by atoms with Crippen molar-refractivity contribution in [2.75, 3.05) is 18.4 Å². The Morgan fingerprint density at radius 2 is 2.25 bits per heavy atom. The highest BCUT2D eigenvalue weighted by atomic mass is 32.2. The third-order valence-electron chi connectivity index (χ3n) is 2.31. The van der Waals surface area contributed by atoms with Crippen LogP contribution in [0.4, 0.5) is 5.82 Å². The summed E-state index contributed by atoms with van der Waals surface area (Å²) in [6, 6.07) is 4.66. The van der Waals surface area contributed by atoms with E-state index < -0.39 is 21.2 Å². The van der Waals surface area contributed by atoms with Gasteiger partial charge in [-0.2, -0.15) is 0 Å². The molecule has 1 rings (SSSR count). The van der Waals surface area contributed by atoms with Crippen LogP contribution in [0.2, 0.25) is 0 Å². The van der Waals surface area contributed by atoms with Crippen molar-refractivity contribution < 1.29 is 17.9 Å². The Morgan fingerprint density at radius 1 is 1.55 bits per heavy atom. The second-order valence-corrected chi connectivity index (χ2v) is 5.73. The molecule has 3 N–H and O–H groups in total. The summed E-state index contributed by atoms with van der Waals surface area (Å²) in [7, 11) is -2.80. The lowest BCUT2D eigenvalue weighted by Gasteiger charge is -2.12. The first kappa shape index (κ1) is 15.9. The van der Waals surface area contributed by atoms with Crippen molar-refractivity contribution in [1.82, 2.24) is 4.98 Å². The Hall–Kier alpha value is -2.11. The minimum atomic E-state index is -3.92. The van der Waals surface area contributed by atoms with Crippen molar-refractivity contribution in [3.05, 3.63) is 23.9 Å². The van der Waals surface area contributed by atoms with Crippen molar-refractivity contribution in [2.24, 2.45) is 5.73 Å². The van der Waals surface area contributed by atoms with Crippen LogP contribution >= 0.6 is 0 Å². The zero-order chi connectivity index (χ0) is 15.2. The molecule has 0 aliphatic heterocycles. The van der Waals surface area contributed by atoms with E-state index in [4.69, 9.17) is 5.73 Å². The van der Waals surface area contributed by atoms with Crippen LogP contribution in [0.1, 0.15) is 12.6 Å². The second-order valence-electron chi connectivity index (χ2n) is 3.73. The summed E-state index contributed by atoms with van der Waals surface area (Å²) in [4.78, 5) is 15.3. The summed E-state index contributed by atoms with van der Waals surface area (Å²) < 4.78 is 30.4. The van der Waals surface area contributed by atoms with Gasteiger partial charge in [0.05, 0.1) is 13.7 Å². The van der Waals surface area contributed by atoms with Gasteiger partial charge in [0.15, 0.2) is 5.25 Å². The van der Waals surface area contributed by atoms with Crippen molar-refractivity contribution in [2.45, 2.75) is 12.2 Å². The van der Waals surface area contributed by atoms with Crippen LogP contribution in [-0.4, -0.2) is 38.3 Å². The maximum absolute atomic E-state index is 11.9. The van der Waals surface area contributed by atoms with Crippen LogP contribution in [0.25, 0.3) is 0 Å². The van der Waals surface area contributed by atoms with Gasteiger partial charge in [0, 0.05) is 0 Å².